The van der Waals surface area contributed by atoms with Crippen molar-refractivity contribution in [3.63, 3.8) is 0 Å². The van der Waals surface area contributed by atoms with E-state index < -0.39 is 23.8 Å². The van der Waals surface area contributed by atoms with Crippen LogP contribution in [0.2, 0.25) is 0 Å². The average Bonchev–Trinajstić information content (AvgIpc) is 3.58. The number of hydrogen-bond acceptors (Lipinski definition) is 5. The van der Waals surface area contributed by atoms with E-state index >= 15 is 0 Å². The van der Waals surface area contributed by atoms with Gasteiger partial charge in [-0.2, -0.15) is 0 Å². The Balaban J connectivity index is 1.08. The molecule has 6 aliphatic rings. The van der Waals surface area contributed by atoms with Crippen molar-refractivity contribution in [2.45, 2.75) is 38.1 Å². The molecular formula is C24H26N2O6. The quantitative estimate of drug-likeness (QED) is 0.363. The van der Waals surface area contributed by atoms with Crippen LogP contribution in [0.25, 0.3) is 0 Å². The molecule has 0 aromatic heterocycles. The maximum Gasteiger partial charge on any atom is 0.326 e. The number of fused-ring (bicyclic) bond motifs is 10. The summed E-state index contributed by atoms with van der Waals surface area (Å²) in [5.74, 6) is -2.98. The highest BCUT2D eigenvalue weighted by Crippen LogP contribution is 2.54. The number of carbonyl (C=O) groups is 5. The molecule has 0 radical (unpaired) electrons. The number of unbranched alkanes of at least 4 members (excludes halogenated alkanes) is 1. The normalized spacial score (nSPS) is 41.4. The van der Waals surface area contributed by atoms with Crippen molar-refractivity contribution in [2.75, 3.05) is 6.54 Å². The predicted octanol–water partition coefficient (Wildman–Crippen LogP) is 1.22. The highest BCUT2D eigenvalue weighted by molar-refractivity contribution is 6.09. The number of likely N-dealkylation sites (tertiary alicyclic amines) is 2. The van der Waals surface area contributed by atoms with Crippen LogP contribution in [-0.4, -0.2) is 57.1 Å². The van der Waals surface area contributed by atoms with Crippen molar-refractivity contribution in [3.05, 3.63) is 24.3 Å². The first-order valence-electron chi connectivity index (χ1n) is 11.7. The predicted molar refractivity (Wildman–Crippen MR) is 109 cm³/mol. The molecule has 0 aromatic rings. The Hall–Kier alpha value is -2.77. The van der Waals surface area contributed by atoms with Gasteiger partial charge in [0.2, 0.25) is 23.6 Å². The molecule has 6 rings (SSSR count). The average molecular weight is 438 g/mol. The summed E-state index contributed by atoms with van der Waals surface area (Å²) < 4.78 is 0. The summed E-state index contributed by atoms with van der Waals surface area (Å²) in [4.78, 5) is 65.7. The molecule has 1 N–H and O–H groups in total. The molecule has 9 atom stereocenters. The number of carbonyl (C=O) groups excluding carboxylic acids is 4. The van der Waals surface area contributed by atoms with Gasteiger partial charge in [0.05, 0.1) is 23.7 Å². The standard InChI is InChI=1S/C24H26N2O6/c27-20-16-11-4-5-12(9-11)17(16)21(28)25(20)8-2-1-3-15(24(31)32)26-22(29)18-13-6-7-14(10-13)19(18)23(26)30/h4-7,11-19H,1-3,8-10H2,(H,31,32)/t11-,12-,13-,14-,15-,16+,17+,18-,19+/m0/s1. The zero-order chi connectivity index (χ0) is 22.3. The lowest BCUT2D eigenvalue weighted by Crippen LogP contribution is -2.46. The maximum atomic E-state index is 12.9. The van der Waals surface area contributed by atoms with Gasteiger partial charge in [-0.3, -0.25) is 29.0 Å². The number of allylic oxidation sites excluding steroid dienone is 4. The molecule has 4 fully saturated rings. The second kappa shape index (κ2) is 6.86. The molecule has 0 unspecified atom stereocenters. The first-order chi connectivity index (χ1) is 15.4. The van der Waals surface area contributed by atoms with Crippen LogP contribution >= 0.6 is 0 Å². The third-order valence-electron chi connectivity index (χ3n) is 8.77. The lowest BCUT2D eigenvalue weighted by molar-refractivity contribution is -0.155. The zero-order valence-electron chi connectivity index (χ0n) is 17.6. The molecule has 2 heterocycles. The number of amides is 4. The zero-order valence-corrected chi connectivity index (χ0v) is 17.6. The number of imide groups is 2. The Kier molecular flexibility index (Phi) is 4.26. The molecule has 2 saturated heterocycles. The summed E-state index contributed by atoms with van der Waals surface area (Å²) in [5.41, 5.74) is 0. The van der Waals surface area contributed by atoms with Gasteiger partial charge in [0, 0.05) is 6.54 Å². The molecular weight excluding hydrogens is 412 g/mol. The highest BCUT2D eigenvalue weighted by atomic mass is 16.4. The second-order valence-corrected chi connectivity index (χ2v) is 10.2. The van der Waals surface area contributed by atoms with E-state index in [2.05, 4.69) is 12.2 Å². The van der Waals surface area contributed by atoms with Gasteiger partial charge >= 0.3 is 5.97 Å². The number of hydrogen-bond donors (Lipinski definition) is 1. The van der Waals surface area contributed by atoms with Crippen molar-refractivity contribution in [1.29, 1.82) is 0 Å². The molecule has 168 valence electrons. The third-order valence-corrected chi connectivity index (χ3v) is 8.77. The van der Waals surface area contributed by atoms with E-state index in [0.29, 0.717) is 12.8 Å². The first-order valence-corrected chi connectivity index (χ1v) is 11.7. The maximum absolute atomic E-state index is 12.9. The molecule has 4 amide bonds. The smallest absolute Gasteiger partial charge is 0.326 e. The Morgan fingerprint density at radius 2 is 1.22 bits per heavy atom. The van der Waals surface area contributed by atoms with Crippen LogP contribution in [0.5, 0.6) is 0 Å². The summed E-state index contributed by atoms with van der Waals surface area (Å²) >= 11 is 0. The summed E-state index contributed by atoms with van der Waals surface area (Å²) in [5, 5.41) is 9.76. The van der Waals surface area contributed by atoms with Crippen LogP contribution < -0.4 is 0 Å². The minimum atomic E-state index is -1.19. The summed E-state index contributed by atoms with van der Waals surface area (Å²) in [6, 6.07) is -1.19. The van der Waals surface area contributed by atoms with Gasteiger partial charge in [0.25, 0.3) is 0 Å². The number of aliphatic carboxylic acids is 1. The number of nitrogens with zero attached hydrogens (tertiary/aromatic N) is 2. The van der Waals surface area contributed by atoms with Crippen LogP contribution in [0.4, 0.5) is 0 Å². The Morgan fingerprint density at radius 1 is 0.781 bits per heavy atom. The van der Waals surface area contributed by atoms with Crippen molar-refractivity contribution in [1.82, 2.24) is 9.80 Å². The summed E-state index contributed by atoms with van der Waals surface area (Å²) in [7, 11) is 0. The summed E-state index contributed by atoms with van der Waals surface area (Å²) in [6.45, 7) is 0.262. The number of rotatable bonds is 7. The van der Waals surface area contributed by atoms with Crippen LogP contribution in [-0.2, 0) is 24.0 Å². The van der Waals surface area contributed by atoms with Crippen molar-refractivity contribution in [2.24, 2.45) is 47.3 Å². The monoisotopic (exact) mass is 438 g/mol. The lowest BCUT2D eigenvalue weighted by Gasteiger charge is -2.25. The Bertz CT molecular complexity index is 940. The van der Waals surface area contributed by atoms with Gasteiger partial charge < -0.3 is 5.11 Å². The topological polar surface area (TPSA) is 112 Å². The van der Waals surface area contributed by atoms with Gasteiger partial charge in [0.15, 0.2) is 0 Å². The minimum Gasteiger partial charge on any atom is -0.480 e. The van der Waals surface area contributed by atoms with Gasteiger partial charge in [0.1, 0.15) is 6.04 Å². The first kappa shape index (κ1) is 19.9. The van der Waals surface area contributed by atoms with E-state index in [9.17, 15) is 29.1 Å². The molecule has 2 aliphatic heterocycles. The fourth-order valence-electron chi connectivity index (χ4n) is 7.39. The molecule has 0 spiro atoms. The SMILES string of the molecule is O=C(O)[C@H](CCCCN1C(=O)[C@H]2[C@H](C1=O)[C@H]1C=C[C@H]2C1)N1C(=O)[C@@H]2[C@H](C1=O)[C@H]1C=C[C@H]2C1. The van der Waals surface area contributed by atoms with E-state index in [4.69, 9.17) is 0 Å². The third kappa shape index (κ3) is 2.52. The number of carboxylic acid groups (broad SMARTS) is 1. The van der Waals surface area contributed by atoms with Gasteiger partial charge in [-0.05, 0) is 55.8 Å². The molecule has 8 nitrogen and oxygen atoms in total. The molecule has 0 aromatic carbocycles. The molecule has 32 heavy (non-hydrogen) atoms. The highest BCUT2D eigenvalue weighted by Gasteiger charge is 2.61. The van der Waals surface area contributed by atoms with Gasteiger partial charge in [-0.1, -0.05) is 24.3 Å². The molecule has 4 bridgehead atoms. The largest absolute Gasteiger partial charge is 0.480 e. The van der Waals surface area contributed by atoms with Crippen molar-refractivity contribution >= 4 is 29.6 Å². The number of carboxylic acids is 1. The summed E-state index contributed by atoms with van der Waals surface area (Å²) in [6.07, 6.45) is 10.8. The van der Waals surface area contributed by atoms with Crippen molar-refractivity contribution < 1.29 is 29.1 Å². The molecule has 2 saturated carbocycles. The lowest BCUT2D eigenvalue weighted by atomic mass is 9.85. The molecule has 4 aliphatic carbocycles. The molecule has 8 heteroatoms. The van der Waals surface area contributed by atoms with Crippen molar-refractivity contribution in [3.8, 4) is 0 Å². The fourth-order valence-corrected chi connectivity index (χ4v) is 7.39. The van der Waals surface area contributed by atoms with E-state index in [0.717, 1.165) is 17.7 Å². The van der Waals surface area contributed by atoms with Gasteiger partial charge in [-0.15, -0.1) is 0 Å². The second-order valence-electron chi connectivity index (χ2n) is 10.2. The van der Waals surface area contributed by atoms with Crippen LogP contribution in [0.1, 0.15) is 32.1 Å². The van der Waals surface area contributed by atoms with E-state index in [1.54, 1.807) is 0 Å². The minimum absolute atomic E-state index is 0.0392. The van der Waals surface area contributed by atoms with Gasteiger partial charge in [-0.25, -0.2) is 4.79 Å². The Morgan fingerprint density at radius 3 is 1.66 bits per heavy atom. The van der Waals surface area contributed by atoms with E-state index in [-0.39, 0.29) is 72.1 Å². The fraction of sp³-hybridized carbons (Fsp3) is 0.625. The van der Waals surface area contributed by atoms with Crippen LogP contribution in [0.15, 0.2) is 24.3 Å². The van der Waals surface area contributed by atoms with E-state index in [1.165, 1.54) is 4.90 Å². The van der Waals surface area contributed by atoms with E-state index in [1.807, 2.05) is 12.2 Å². The Labute approximate surface area is 185 Å². The van der Waals surface area contributed by atoms with Crippen LogP contribution in [0, 0.1) is 47.3 Å². The van der Waals surface area contributed by atoms with Crippen LogP contribution in [0.3, 0.4) is 0 Å².